The van der Waals surface area contributed by atoms with Gasteiger partial charge in [-0.05, 0) is 40.0 Å². The first-order valence-corrected chi connectivity index (χ1v) is 8.39. The van der Waals surface area contributed by atoms with Crippen molar-refractivity contribution in [1.29, 1.82) is 0 Å². The molecule has 122 valence electrons. The van der Waals surface area contributed by atoms with Crippen molar-refractivity contribution in [3.8, 4) is 0 Å². The minimum absolute atomic E-state index is 0.187. The van der Waals surface area contributed by atoms with Crippen LogP contribution in [0.5, 0.6) is 0 Å². The standard InChI is InChI=1S/C17H38N2O/c1-8-11-16(14-18-17(4,5)6)19(12-13-20-7)15(9-2)10-3/h15-16,18H,8-14H2,1-7H3. The van der Waals surface area contributed by atoms with Crippen LogP contribution in [0, 0.1) is 0 Å². The van der Waals surface area contributed by atoms with Gasteiger partial charge < -0.3 is 10.1 Å². The molecule has 0 fully saturated rings. The predicted molar refractivity (Wildman–Crippen MR) is 89.4 cm³/mol. The van der Waals surface area contributed by atoms with Crippen LogP contribution in [0.1, 0.15) is 67.2 Å². The number of hydrogen-bond acceptors (Lipinski definition) is 3. The highest BCUT2D eigenvalue weighted by molar-refractivity contribution is 4.82. The minimum Gasteiger partial charge on any atom is -0.383 e. The number of nitrogens with one attached hydrogen (secondary N) is 1. The second-order valence-electron chi connectivity index (χ2n) is 6.77. The molecule has 0 spiro atoms. The third-order valence-electron chi connectivity index (χ3n) is 3.92. The van der Waals surface area contributed by atoms with Crippen LogP contribution in [0.3, 0.4) is 0 Å². The molecule has 0 aliphatic carbocycles. The molecular weight excluding hydrogens is 248 g/mol. The summed E-state index contributed by atoms with van der Waals surface area (Å²) in [5, 5.41) is 3.68. The van der Waals surface area contributed by atoms with E-state index in [-0.39, 0.29) is 5.54 Å². The maximum atomic E-state index is 5.32. The van der Waals surface area contributed by atoms with Crippen LogP contribution >= 0.6 is 0 Å². The number of rotatable bonds is 11. The fourth-order valence-electron chi connectivity index (χ4n) is 2.76. The molecule has 1 atom stereocenters. The lowest BCUT2D eigenvalue weighted by atomic mass is 10.0. The maximum Gasteiger partial charge on any atom is 0.0589 e. The zero-order valence-electron chi connectivity index (χ0n) is 15.0. The van der Waals surface area contributed by atoms with Crippen LogP contribution in [-0.4, -0.2) is 49.3 Å². The van der Waals surface area contributed by atoms with Crippen LogP contribution in [0.25, 0.3) is 0 Å². The monoisotopic (exact) mass is 286 g/mol. The zero-order chi connectivity index (χ0) is 15.6. The van der Waals surface area contributed by atoms with Crippen molar-refractivity contribution in [2.45, 2.75) is 84.8 Å². The quantitative estimate of drug-likeness (QED) is 0.627. The first-order valence-electron chi connectivity index (χ1n) is 8.39. The molecule has 0 aromatic heterocycles. The van der Waals surface area contributed by atoms with Crippen LogP contribution in [0.4, 0.5) is 0 Å². The fourth-order valence-corrected chi connectivity index (χ4v) is 2.76. The Labute approximate surface area is 127 Å². The van der Waals surface area contributed by atoms with E-state index in [9.17, 15) is 0 Å². The van der Waals surface area contributed by atoms with Gasteiger partial charge >= 0.3 is 0 Å². The van der Waals surface area contributed by atoms with Crippen molar-refractivity contribution >= 4 is 0 Å². The highest BCUT2D eigenvalue weighted by Gasteiger charge is 2.24. The van der Waals surface area contributed by atoms with Gasteiger partial charge in [-0.25, -0.2) is 0 Å². The molecule has 1 unspecified atom stereocenters. The Kier molecular flexibility index (Phi) is 10.5. The molecule has 3 nitrogen and oxygen atoms in total. The Balaban J connectivity index is 4.79. The molecule has 0 radical (unpaired) electrons. The molecule has 3 heteroatoms. The zero-order valence-corrected chi connectivity index (χ0v) is 15.0. The van der Waals surface area contributed by atoms with Crippen molar-refractivity contribution in [3.63, 3.8) is 0 Å². The molecule has 0 aromatic carbocycles. The summed E-state index contributed by atoms with van der Waals surface area (Å²) < 4.78 is 5.32. The molecule has 20 heavy (non-hydrogen) atoms. The number of hydrogen-bond donors (Lipinski definition) is 1. The fraction of sp³-hybridized carbons (Fsp3) is 1.00. The lowest BCUT2D eigenvalue weighted by molar-refractivity contribution is 0.0720. The summed E-state index contributed by atoms with van der Waals surface area (Å²) in [4.78, 5) is 2.67. The summed E-state index contributed by atoms with van der Waals surface area (Å²) in [6, 6.07) is 1.28. The summed E-state index contributed by atoms with van der Waals surface area (Å²) in [6.07, 6.45) is 4.93. The van der Waals surface area contributed by atoms with Gasteiger partial charge in [0.2, 0.25) is 0 Å². The van der Waals surface area contributed by atoms with Gasteiger partial charge in [0.1, 0.15) is 0 Å². The van der Waals surface area contributed by atoms with E-state index in [1.165, 1.54) is 25.7 Å². The van der Waals surface area contributed by atoms with Gasteiger partial charge in [-0.3, -0.25) is 4.90 Å². The van der Waals surface area contributed by atoms with E-state index >= 15 is 0 Å². The second-order valence-corrected chi connectivity index (χ2v) is 6.77. The normalized spacial score (nSPS) is 14.2. The second kappa shape index (κ2) is 10.6. The highest BCUT2D eigenvalue weighted by Crippen LogP contribution is 2.16. The van der Waals surface area contributed by atoms with Crippen molar-refractivity contribution < 1.29 is 4.74 Å². The van der Waals surface area contributed by atoms with Crippen LogP contribution in [-0.2, 0) is 4.74 Å². The molecule has 0 rings (SSSR count). The summed E-state index contributed by atoms with van der Waals surface area (Å²) in [5.74, 6) is 0. The molecule has 0 aromatic rings. The van der Waals surface area contributed by atoms with E-state index in [2.05, 4.69) is 51.8 Å². The molecule has 0 aliphatic heterocycles. The maximum absolute atomic E-state index is 5.32. The average Bonchev–Trinajstić information content (AvgIpc) is 2.39. The molecular formula is C17H38N2O. The molecule has 1 N–H and O–H groups in total. The molecule has 0 amide bonds. The Hall–Kier alpha value is -0.120. The van der Waals surface area contributed by atoms with Crippen molar-refractivity contribution in [2.24, 2.45) is 0 Å². The average molecular weight is 287 g/mol. The van der Waals surface area contributed by atoms with E-state index in [4.69, 9.17) is 4.74 Å². The van der Waals surface area contributed by atoms with Crippen molar-refractivity contribution in [3.05, 3.63) is 0 Å². The Morgan fingerprint density at radius 2 is 1.65 bits per heavy atom. The Bertz CT molecular complexity index is 222. The SMILES string of the molecule is CCCC(CNC(C)(C)C)N(CCOC)C(CC)CC. The summed E-state index contributed by atoms with van der Waals surface area (Å²) in [5.41, 5.74) is 0.187. The Morgan fingerprint density at radius 1 is 1.05 bits per heavy atom. The lowest BCUT2D eigenvalue weighted by Crippen LogP contribution is -2.51. The van der Waals surface area contributed by atoms with E-state index < -0.39 is 0 Å². The molecule has 0 heterocycles. The number of nitrogens with zero attached hydrogens (tertiary/aromatic N) is 1. The smallest absolute Gasteiger partial charge is 0.0589 e. The van der Waals surface area contributed by atoms with E-state index in [1.54, 1.807) is 7.11 Å². The van der Waals surface area contributed by atoms with Gasteiger partial charge in [-0.1, -0.05) is 27.2 Å². The number of ether oxygens (including phenoxy) is 1. The van der Waals surface area contributed by atoms with Crippen molar-refractivity contribution in [2.75, 3.05) is 26.8 Å². The first kappa shape index (κ1) is 19.9. The van der Waals surface area contributed by atoms with Gasteiger partial charge in [-0.15, -0.1) is 0 Å². The van der Waals surface area contributed by atoms with Crippen LogP contribution in [0.15, 0.2) is 0 Å². The van der Waals surface area contributed by atoms with Crippen molar-refractivity contribution in [1.82, 2.24) is 10.2 Å². The van der Waals surface area contributed by atoms with Gasteiger partial charge in [0.05, 0.1) is 6.61 Å². The third-order valence-corrected chi connectivity index (χ3v) is 3.92. The first-order chi connectivity index (χ1) is 9.39. The summed E-state index contributed by atoms with van der Waals surface area (Å²) in [6.45, 7) is 16.5. The topological polar surface area (TPSA) is 24.5 Å². The molecule has 0 bridgehead atoms. The largest absolute Gasteiger partial charge is 0.383 e. The lowest BCUT2D eigenvalue weighted by Gasteiger charge is -2.39. The van der Waals surface area contributed by atoms with Gasteiger partial charge in [0.25, 0.3) is 0 Å². The van der Waals surface area contributed by atoms with Gasteiger partial charge in [-0.2, -0.15) is 0 Å². The molecule has 0 aliphatic rings. The van der Waals surface area contributed by atoms with Crippen LogP contribution in [0.2, 0.25) is 0 Å². The molecule has 0 saturated carbocycles. The van der Waals surface area contributed by atoms with Crippen LogP contribution < -0.4 is 5.32 Å². The minimum atomic E-state index is 0.187. The van der Waals surface area contributed by atoms with E-state index in [0.717, 1.165) is 19.7 Å². The molecule has 0 saturated heterocycles. The number of methoxy groups -OCH3 is 1. The summed E-state index contributed by atoms with van der Waals surface area (Å²) >= 11 is 0. The Morgan fingerprint density at radius 3 is 2.05 bits per heavy atom. The van der Waals surface area contributed by atoms with Gasteiger partial charge in [0.15, 0.2) is 0 Å². The predicted octanol–water partition coefficient (Wildman–Crippen LogP) is 3.68. The van der Waals surface area contributed by atoms with E-state index in [1.807, 2.05) is 0 Å². The van der Waals surface area contributed by atoms with E-state index in [0.29, 0.717) is 12.1 Å². The highest BCUT2D eigenvalue weighted by atomic mass is 16.5. The third kappa shape index (κ3) is 8.23. The van der Waals surface area contributed by atoms with Gasteiger partial charge in [0, 0.05) is 37.8 Å². The summed E-state index contributed by atoms with van der Waals surface area (Å²) in [7, 11) is 1.80.